The van der Waals surface area contributed by atoms with E-state index in [9.17, 15) is 27.6 Å². The van der Waals surface area contributed by atoms with E-state index in [4.69, 9.17) is 9.15 Å². The second kappa shape index (κ2) is 12.6. The molecule has 0 radical (unpaired) electrons. The van der Waals surface area contributed by atoms with Crippen molar-refractivity contribution in [2.45, 2.75) is 94.4 Å². The zero-order valence-corrected chi connectivity index (χ0v) is 27.9. The first-order valence-corrected chi connectivity index (χ1v) is 17.9. The van der Waals surface area contributed by atoms with Crippen LogP contribution in [0, 0.1) is 24.7 Å². The van der Waals surface area contributed by atoms with Crippen molar-refractivity contribution in [3.63, 3.8) is 0 Å². The molecule has 4 amide bonds. The SMILES string of the molecule is Cc1ccc(-c2ncco2)c(NC(=O)O[C@@H]2C[C@H]3C(=O)N[C@]4(C(=O)NS(=O)(=O)C5(C)CC5)C[C@H]4CCCCCCN(C)C(=O)[C@@H]3C2)c1. The number of carbonyl (C=O) groups excluding carboxylic acids is 4. The molecule has 0 spiro atoms. The van der Waals surface area contributed by atoms with Crippen molar-refractivity contribution < 1.29 is 36.7 Å². The molecule has 14 heteroatoms. The Balaban J connectivity index is 1.20. The lowest BCUT2D eigenvalue weighted by Crippen LogP contribution is -2.55. The first kappa shape index (κ1) is 33.0. The van der Waals surface area contributed by atoms with E-state index in [0.29, 0.717) is 49.4 Å². The maximum Gasteiger partial charge on any atom is 0.411 e. The lowest BCUT2D eigenvalue weighted by molar-refractivity contribution is -0.140. The summed E-state index contributed by atoms with van der Waals surface area (Å²) in [6.07, 6.45) is 6.99. The molecule has 3 saturated carbocycles. The van der Waals surface area contributed by atoms with Gasteiger partial charge in [-0.1, -0.05) is 25.3 Å². The molecule has 0 bridgehead atoms. The molecule has 1 aromatic heterocycles. The summed E-state index contributed by atoms with van der Waals surface area (Å²) < 4.78 is 38.4. The normalized spacial score (nSPS) is 29.0. The van der Waals surface area contributed by atoms with Crippen LogP contribution in [0.3, 0.4) is 0 Å². The Morgan fingerprint density at radius 1 is 1.11 bits per heavy atom. The Morgan fingerprint density at radius 2 is 1.85 bits per heavy atom. The van der Waals surface area contributed by atoms with Crippen molar-refractivity contribution in [3.8, 4) is 11.5 Å². The number of nitrogens with zero attached hydrogens (tertiary/aromatic N) is 2. The van der Waals surface area contributed by atoms with E-state index in [2.05, 4.69) is 20.3 Å². The van der Waals surface area contributed by atoms with Crippen molar-refractivity contribution in [1.29, 1.82) is 0 Å². The van der Waals surface area contributed by atoms with Crippen LogP contribution >= 0.6 is 0 Å². The maximum absolute atomic E-state index is 14.0. The van der Waals surface area contributed by atoms with Gasteiger partial charge in [0.15, 0.2) is 0 Å². The Bertz CT molecular complexity index is 1660. The molecule has 47 heavy (non-hydrogen) atoms. The van der Waals surface area contributed by atoms with Gasteiger partial charge >= 0.3 is 6.09 Å². The zero-order chi connectivity index (χ0) is 33.6. The minimum atomic E-state index is -3.91. The summed E-state index contributed by atoms with van der Waals surface area (Å²) in [5.74, 6) is -3.01. The summed E-state index contributed by atoms with van der Waals surface area (Å²) in [5.41, 5.74) is 0.525. The molecule has 3 N–H and O–H groups in total. The zero-order valence-electron chi connectivity index (χ0n) is 27.0. The Hall–Kier alpha value is -3.94. The third kappa shape index (κ3) is 6.74. The minimum Gasteiger partial charge on any atom is -0.446 e. The molecule has 0 unspecified atom stereocenters. The van der Waals surface area contributed by atoms with Crippen molar-refractivity contribution in [2.75, 3.05) is 18.9 Å². The number of benzene rings is 1. The van der Waals surface area contributed by atoms with Crippen LogP contribution in [0.25, 0.3) is 11.5 Å². The predicted molar refractivity (Wildman–Crippen MR) is 171 cm³/mol. The molecular weight excluding hydrogens is 626 g/mol. The molecule has 2 aromatic rings. The van der Waals surface area contributed by atoms with Gasteiger partial charge in [-0.15, -0.1) is 0 Å². The highest BCUT2D eigenvalue weighted by Crippen LogP contribution is 2.49. The fourth-order valence-corrected chi connectivity index (χ4v) is 8.30. The van der Waals surface area contributed by atoms with Gasteiger partial charge in [0.1, 0.15) is 17.9 Å². The summed E-state index contributed by atoms with van der Waals surface area (Å²) in [5, 5.41) is 5.67. The molecule has 4 fully saturated rings. The van der Waals surface area contributed by atoms with Gasteiger partial charge in [0, 0.05) is 13.6 Å². The highest BCUT2D eigenvalue weighted by Gasteiger charge is 2.63. The lowest BCUT2D eigenvalue weighted by Gasteiger charge is -2.27. The number of hydrogen-bond donors (Lipinski definition) is 3. The van der Waals surface area contributed by atoms with E-state index in [1.165, 1.54) is 12.5 Å². The number of aromatic nitrogens is 1. The fourth-order valence-electron chi connectivity index (χ4n) is 6.99. The first-order chi connectivity index (χ1) is 22.3. The van der Waals surface area contributed by atoms with E-state index in [0.717, 1.165) is 31.2 Å². The van der Waals surface area contributed by atoms with Gasteiger partial charge in [0.2, 0.25) is 27.7 Å². The molecule has 1 saturated heterocycles. The van der Waals surface area contributed by atoms with E-state index < -0.39 is 56.2 Å². The van der Waals surface area contributed by atoms with Gasteiger partial charge in [-0.05, 0) is 82.4 Å². The van der Waals surface area contributed by atoms with Gasteiger partial charge in [0.05, 0.1) is 34.0 Å². The molecule has 1 aromatic carbocycles. The molecule has 6 rings (SSSR count). The molecule has 3 aliphatic carbocycles. The summed E-state index contributed by atoms with van der Waals surface area (Å²) >= 11 is 0. The number of carbonyl (C=O) groups is 4. The number of nitrogens with one attached hydrogen (secondary N) is 3. The second-order valence-electron chi connectivity index (χ2n) is 13.9. The van der Waals surface area contributed by atoms with Gasteiger partial charge < -0.3 is 19.4 Å². The van der Waals surface area contributed by atoms with Crippen LogP contribution in [0.5, 0.6) is 0 Å². The van der Waals surface area contributed by atoms with Crippen LogP contribution in [0.4, 0.5) is 10.5 Å². The van der Waals surface area contributed by atoms with Crippen LogP contribution < -0.4 is 15.4 Å². The minimum absolute atomic E-state index is 0.0721. The topological polar surface area (TPSA) is 177 Å². The fraction of sp³-hybridized carbons (Fsp3) is 0.606. The summed E-state index contributed by atoms with van der Waals surface area (Å²) in [6, 6.07) is 5.41. The van der Waals surface area contributed by atoms with Gasteiger partial charge in [-0.2, -0.15) is 0 Å². The average molecular weight is 670 g/mol. The van der Waals surface area contributed by atoms with Gasteiger partial charge in [0.25, 0.3) is 5.91 Å². The highest BCUT2D eigenvalue weighted by atomic mass is 32.2. The number of fused-ring (bicyclic) bond motifs is 2. The largest absolute Gasteiger partial charge is 0.446 e. The van der Waals surface area contributed by atoms with Crippen LogP contribution in [-0.2, 0) is 29.1 Å². The van der Waals surface area contributed by atoms with E-state index in [1.54, 1.807) is 31.0 Å². The molecule has 13 nitrogen and oxygen atoms in total. The van der Waals surface area contributed by atoms with Crippen molar-refractivity contribution in [1.82, 2.24) is 19.9 Å². The molecule has 254 valence electrons. The van der Waals surface area contributed by atoms with Crippen molar-refractivity contribution >= 4 is 39.5 Å². The smallest absolute Gasteiger partial charge is 0.411 e. The first-order valence-electron chi connectivity index (χ1n) is 16.4. The van der Waals surface area contributed by atoms with Gasteiger partial charge in [-0.3, -0.25) is 24.4 Å². The molecule has 5 atom stereocenters. The van der Waals surface area contributed by atoms with Crippen LogP contribution in [-0.4, -0.2) is 72.1 Å². The Kier molecular flexibility index (Phi) is 8.83. The van der Waals surface area contributed by atoms with Crippen LogP contribution in [0.2, 0.25) is 0 Å². The van der Waals surface area contributed by atoms with Crippen LogP contribution in [0.15, 0.2) is 35.1 Å². The number of aryl methyl sites for hydroxylation is 1. The summed E-state index contributed by atoms with van der Waals surface area (Å²) in [4.78, 5) is 60.3. The Labute approximate surface area is 274 Å². The summed E-state index contributed by atoms with van der Waals surface area (Å²) in [7, 11) is -2.20. The number of rotatable bonds is 6. The predicted octanol–water partition coefficient (Wildman–Crippen LogP) is 3.89. The quantitative estimate of drug-likeness (QED) is 0.412. The van der Waals surface area contributed by atoms with Crippen LogP contribution in [0.1, 0.15) is 76.7 Å². The maximum atomic E-state index is 14.0. The number of hydrogen-bond acceptors (Lipinski definition) is 9. The monoisotopic (exact) mass is 669 g/mol. The van der Waals surface area contributed by atoms with E-state index in [-0.39, 0.29) is 24.7 Å². The third-order valence-corrected chi connectivity index (χ3v) is 12.5. The van der Waals surface area contributed by atoms with E-state index in [1.807, 2.05) is 13.0 Å². The van der Waals surface area contributed by atoms with Crippen molar-refractivity contribution in [2.24, 2.45) is 17.8 Å². The van der Waals surface area contributed by atoms with E-state index >= 15 is 0 Å². The molecular formula is C33H43N5O8S. The standard InChI is InChI=1S/C33H43N5O8S/c1-20-9-10-23(28-34-13-15-45-28)26(16-20)35-31(42)46-22-17-24-25(18-22)29(40)38(3)14-7-5-4-6-8-21-19-33(21,36-27(24)39)30(41)37-47(43,44)32(2)11-12-32/h9-10,13,15-16,21-22,24-25H,4-8,11-12,14,17-19H2,1-3H3,(H,35,42)(H,36,39)(H,37,41)/t21-,22-,24-,25-,33-/m1/s1. The highest BCUT2D eigenvalue weighted by molar-refractivity contribution is 7.91. The van der Waals surface area contributed by atoms with Gasteiger partial charge in [-0.25, -0.2) is 18.2 Å². The molecule has 2 heterocycles. The summed E-state index contributed by atoms with van der Waals surface area (Å²) in [6.45, 7) is 4.02. The molecule has 1 aliphatic heterocycles. The lowest BCUT2D eigenvalue weighted by atomic mass is 9.92. The number of ether oxygens (including phenoxy) is 1. The number of sulfonamides is 1. The van der Waals surface area contributed by atoms with Crippen molar-refractivity contribution in [3.05, 3.63) is 36.2 Å². The number of oxazole rings is 1. The number of amides is 4. The molecule has 4 aliphatic rings. The third-order valence-electron chi connectivity index (χ3n) is 10.4. The Morgan fingerprint density at radius 3 is 2.57 bits per heavy atom. The second-order valence-corrected chi connectivity index (χ2v) is 16.1. The number of anilines is 1. The average Bonchev–Trinajstić information content (AvgIpc) is 3.77.